The smallest absolute Gasteiger partial charge is 0.348 e. The number of carbonyl (C=O) groups excluding carboxylic acids is 1. The van der Waals surface area contributed by atoms with Gasteiger partial charge in [0.15, 0.2) is 0 Å². The van der Waals surface area contributed by atoms with Crippen molar-refractivity contribution in [3.05, 3.63) is 41.4 Å². The van der Waals surface area contributed by atoms with E-state index in [9.17, 15) is 14.7 Å². The molecule has 2 aromatic heterocycles. The second-order valence-corrected chi connectivity index (χ2v) is 7.54. The van der Waals surface area contributed by atoms with Crippen molar-refractivity contribution >= 4 is 50.6 Å². The highest BCUT2D eigenvalue weighted by atomic mass is 32.1. The zero-order valence-corrected chi connectivity index (χ0v) is 15.6. The summed E-state index contributed by atoms with van der Waals surface area (Å²) in [5, 5.41) is 10.2. The molecule has 0 spiro atoms. The zero-order chi connectivity index (χ0) is 19.4. The number of ether oxygens (including phenoxy) is 2. The molecule has 0 saturated carbocycles. The fourth-order valence-electron chi connectivity index (χ4n) is 3.39. The Kier molecular flexibility index (Phi) is 3.74. The van der Waals surface area contributed by atoms with Gasteiger partial charge in [-0.3, -0.25) is 9.80 Å². The maximum atomic E-state index is 13.1. The molecule has 1 aromatic carbocycles. The lowest BCUT2D eigenvalue weighted by atomic mass is 10.1. The lowest BCUT2D eigenvalue weighted by Crippen LogP contribution is -2.41. The van der Waals surface area contributed by atoms with E-state index in [2.05, 4.69) is 4.98 Å². The van der Waals surface area contributed by atoms with Crippen LogP contribution in [0.15, 0.2) is 36.5 Å². The van der Waals surface area contributed by atoms with Crippen LogP contribution in [0.2, 0.25) is 0 Å². The Hall–Kier alpha value is -3.17. The molecule has 1 saturated heterocycles. The van der Waals surface area contributed by atoms with Crippen molar-refractivity contribution < 1.29 is 24.2 Å². The number of hydrogen-bond acceptors (Lipinski definition) is 6. The number of amides is 2. The highest BCUT2D eigenvalue weighted by molar-refractivity contribution is 7.21. The molecule has 3 aromatic rings. The van der Waals surface area contributed by atoms with E-state index in [1.807, 2.05) is 24.3 Å². The lowest BCUT2D eigenvalue weighted by Gasteiger charge is -2.33. The molecule has 8 nitrogen and oxygen atoms in total. The maximum Gasteiger partial charge on any atom is 0.348 e. The second kappa shape index (κ2) is 6.18. The van der Waals surface area contributed by atoms with Crippen molar-refractivity contribution in [2.75, 3.05) is 30.1 Å². The lowest BCUT2D eigenvalue weighted by molar-refractivity contribution is -0.0796. The number of benzene rings is 1. The van der Waals surface area contributed by atoms with Crippen molar-refractivity contribution in [3.63, 3.8) is 0 Å². The molecular weight excluding hydrogens is 382 g/mol. The Balaban J connectivity index is 1.60. The summed E-state index contributed by atoms with van der Waals surface area (Å²) < 4.78 is 10.9. The number of anilines is 3. The number of carboxylic acids is 1. The Bertz CT molecular complexity index is 1110. The summed E-state index contributed by atoms with van der Waals surface area (Å²) in [4.78, 5) is 32.7. The minimum Gasteiger partial charge on any atom is -0.486 e. The van der Waals surface area contributed by atoms with Crippen LogP contribution in [-0.4, -0.2) is 48.5 Å². The molecule has 28 heavy (non-hydrogen) atoms. The van der Waals surface area contributed by atoms with E-state index < -0.39 is 5.97 Å². The van der Waals surface area contributed by atoms with Crippen molar-refractivity contribution in [2.24, 2.45) is 0 Å². The number of thiophene rings is 1. The number of aromatic carboxylic acids is 1. The Morgan fingerprint density at radius 3 is 2.68 bits per heavy atom. The van der Waals surface area contributed by atoms with Gasteiger partial charge in [0, 0.05) is 13.2 Å². The third kappa shape index (κ3) is 2.44. The highest BCUT2D eigenvalue weighted by Gasteiger charge is 2.36. The second-order valence-electron chi connectivity index (χ2n) is 6.54. The largest absolute Gasteiger partial charge is 0.486 e. The number of rotatable bonds is 4. The van der Waals surface area contributed by atoms with Gasteiger partial charge in [-0.05, 0) is 30.3 Å². The van der Waals surface area contributed by atoms with Crippen LogP contribution >= 0.6 is 11.3 Å². The van der Waals surface area contributed by atoms with E-state index in [0.717, 1.165) is 11.3 Å². The number of carbonyl (C=O) groups is 2. The minimum atomic E-state index is -1.07. The Labute approximate surface area is 163 Å². The molecule has 2 aliphatic heterocycles. The number of urea groups is 1. The van der Waals surface area contributed by atoms with Crippen LogP contribution in [0.3, 0.4) is 0 Å². The van der Waals surface area contributed by atoms with E-state index in [4.69, 9.17) is 9.47 Å². The van der Waals surface area contributed by atoms with Crippen LogP contribution < -0.4 is 14.5 Å². The SMILES string of the molecule is CN1C(=O)N(c2ccc(OC3COC3)cc2)c2ccnc3sc(C(=O)O)c1c23. The first-order valence-corrected chi connectivity index (χ1v) is 9.43. The number of aromatic nitrogens is 1. The van der Waals surface area contributed by atoms with Crippen LogP contribution in [0.5, 0.6) is 5.75 Å². The van der Waals surface area contributed by atoms with Crippen LogP contribution in [-0.2, 0) is 4.74 Å². The van der Waals surface area contributed by atoms with Crippen LogP contribution in [0.1, 0.15) is 9.67 Å². The molecule has 2 aliphatic rings. The Morgan fingerprint density at radius 2 is 2.04 bits per heavy atom. The number of carboxylic acid groups (broad SMARTS) is 1. The van der Waals surface area contributed by atoms with Gasteiger partial charge in [-0.2, -0.15) is 0 Å². The molecule has 2 amide bonds. The quantitative estimate of drug-likeness (QED) is 0.725. The van der Waals surface area contributed by atoms with Gasteiger partial charge in [-0.25, -0.2) is 14.6 Å². The molecular formula is C19H15N3O5S. The first-order chi connectivity index (χ1) is 13.5. The molecule has 0 radical (unpaired) electrons. The van der Waals surface area contributed by atoms with E-state index in [1.54, 1.807) is 24.2 Å². The van der Waals surface area contributed by atoms with Gasteiger partial charge in [0.2, 0.25) is 0 Å². The van der Waals surface area contributed by atoms with Gasteiger partial charge in [-0.15, -0.1) is 11.3 Å². The van der Waals surface area contributed by atoms with E-state index in [-0.39, 0.29) is 17.0 Å². The fraction of sp³-hybridized carbons (Fsp3) is 0.211. The van der Waals surface area contributed by atoms with Gasteiger partial charge in [0.05, 0.1) is 35.7 Å². The van der Waals surface area contributed by atoms with Gasteiger partial charge in [0.25, 0.3) is 0 Å². The molecule has 1 fully saturated rings. The van der Waals surface area contributed by atoms with Gasteiger partial charge < -0.3 is 14.6 Å². The standard InChI is InChI=1S/C19H15N3O5S/c1-21-15-14-13(6-7-20-17(14)28-16(15)18(23)24)22(19(21)25)10-2-4-11(5-3-10)27-12-8-26-9-12/h2-7,12H,8-9H2,1H3,(H,23,24). The van der Waals surface area contributed by atoms with Gasteiger partial charge in [0.1, 0.15) is 21.6 Å². The molecule has 1 N–H and O–H groups in total. The fourth-order valence-corrected chi connectivity index (χ4v) is 4.42. The third-order valence-electron chi connectivity index (χ3n) is 4.80. The average molecular weight is 397 g/mol. The number of hydrogen-bond donors (Lipinski definition) is 1. The van der Waals surface area contributed by atoms with Gasteiger partial charge in [-0.1, -0.05) is 0 Å². The predicted molar refractivity (Wildman–Crippen MR) is 104 cm³/mol. The highest BCUT2D eigenvalue weighted by Crippen LogP contribution is 2.47. The zero-order valence-electron chi connectivity index (χ0n) is 14.8. The summed E-state index contributed by atoms with van der Waals surface area (Å²) >= 11 is 1.07. The predicted octanol–water partition coefficient (Wildman–Crippen LogP) is 3.48. The van der Waals surface area contributed by atoms with Crippen molar-refractivity contribution in [2.45, 2.75) is 6.10 Å². The third-order valence-corrected chi connectivity index (χ3v) is 5.87. The normalized spacial score (nSPS) is 16.4. The van der Waals surface area contributed by atoms with E-state index in [0.29, 0.717) is 46.2 Å². The van der Waals surface area contributed by atoms with Crippen LogP contribution in [0.25, 0.3) is 10.2 Å². The summed E-state index contributed by atoms with van der Waals surface area (Å²) in [5.74, 6) is -0.363. The van der Waals surface area contributed by atoms with E-state index >= 15 is 0 Å². The minimum absolute atomic E-state index is 0.0660. The van der Waals surface area contributed by atoms with Crippen molar-refractivity contribution in [3.8, 4) is 5.75 Å². The first kappa shape index (κ1) is 17.0. The van der Waals surface area contributed by atoms with Crippen LogP contribution in [0.4, 0.5) is 21.9 Å². The first-order valence-electron chi connectivity index (χ1n) is 8.61. The van der Waals surface area contributed by atoms with Crippen molar-refractivity contribution in [1.82, 2.24) is 4.98 Å². The summed E-state index contributed by atoms with van der Waals surface area (Å²) in [6.45, 7) is 1.16. The van der Waals surface area contributed by atoms with E-state index in [1.165, 1.54) is 4.90 Å². The molecule has 0 aliphatic carbocycles. The number of pyridine rings is 1. The molecule has 5 rings (SSSR count). The summed E-state index contributed by atoms with van der Waals surface area (Å²) in [7, 11) is 1.58. The summed E-state index contributed by atoms with van der Waals surface area (Å²) in [6.07, 6.45) is 1.65. The maximum absolute atomic E-state index is 13.1. The van der Waals surface area contributed by atoms with Crippen molar-refractivity contribution in [1.29, 1.82) is 0 Å². The molecule has 0 atom stereocenters. The molecule has 142 valence electrons. The topological polar surface area (TPSA) is 92.2 Å². The molecule has 9 heteroatoms. The monoisotopic (exact) mass is 397 g/mol. The summed E-state index contributed by atoms with van der Waals surface area (Å²) in [6, 6.07) is 8.63. The Morgan fingerprint density at radius 1 is 1.29 bits per heavy atom. The van der Waals surface area contributed by atoms with Crippen LogP contribution in [0, 0.1) is 0 Å². The average Bonchev–Trinajstić information content (AvgIpc) is 3.05. The molecule has 4 heterocycles. The molecule has 0 bridgehead atoms. The molecule has 0 unspecified atom stereocenters. The number of nitrogens with zero attached hydrogens (tertiary/aromatic N) is 3. The van der Waals surface area contributed by atoms with Gasteiger partial charge >= 0.3 is 12.0 Å². The summed E-state index contributed by atoms with van der Waals surface area (Å²) in [5.41, 5.74) is 1.67.